The summed E-state index contributed by atoms with van der Waals surface area (Å²) < 4.78 is 5.03. The number of anilines is 1. The van der Waals surface area contributed by atoms with Crippen molar-refractivity contribution >= 4 is 11.5 Å². The first-order chi connectivity index (χ1) is 9.60. The van der Waals surface area contributed by atoms with Crippen LogP contribution in [0.1, 0.15) is 11.1 Å². The van der Waals surface area contributed by atoms with Gasteiger partial charge in [-0.2, -0.15) is 0 Å². The van der Waals surface area contributed by atoms with Crippen molar-refractivity contribution in [1.29, 1.82) is 0 Å². The Kier molecular flexibility index (Phi) is 4.09. The van der Waals surface area contributed by atoms with E-state index in [9.17, 15) is 10.1 Å². The summed E-state index contributed by atoms with van der Waals surface area (Å²) in [6.45, 7) is 2.13. The van der Waals surface area contributed by atoms with Crippen molar-refractivity contribution in [2.24, 2.45) is 0 Å². The molecule has 0 amide bonds. The number of nitro groups is 1. The van der Waals surface area contributed by atoms with Gasteiger partial charge < -0.3 is 10.1 Å². The average molecular weight is 274 g/mol. The number of hydrogen-bond donors (Lipinski definition) is 1. The molecule has 0 aliphatic heterocycles. The Morgan fingerprint density at radius 3 is 2.90 bits per heavy atom. The largest absolute Gasteiger partial charge is 0.481 e. The molecule has 0 fully saturated rings. The molecule has 7 nitrogen and oxygen atoms in total. The van der Waals surface area contributed by atoms with Crippen LogP contribution in [0, 0.1) is 17.0 Å². The highest BCUT2D eigenvalue weighted by Gasteiger charge is 2.11. The van der Waals surface area contributed by atoms with Gasteiger partial charge >= 0.3 is 0 Å². The molecule has 2 rings (SSSR count). The highest BCUT2D eigenvalue weighted by atomic mass is 16.6. The molecule has 7 heteroatoms. The molecule has 0 aromatic carbocycles. The number of aromatic nitrogens is 2. The molecule has 2 aromatic heterocycles. The van der Waals surface area contributed by atoms with Crippen LogP contribution in [0.3, 0.4) is 0 Å². The molecule has 104 valence electrons. The quantitative estimate of drug-likeness (QED) is 0.664. The van der Waals surface area contributed by atoms with Crippen LogP contribution in [0.5, 0.6) is 5.88 Å². The van der Waals surface area contributed by atoms with Gasteiger partial charge in [0.25, 0.3) is 5.69 Å². The predicted molar refractivity (Wildman–Crippen MR) is 73.7 cm³/mol. The molecular formula is C13H14N4O3. The van der Waals surface area contributed by atoms with Gasteiger partial charge in [0.2, 0.25) is 5.88 Å². The molecule has 0 radical (unpaired) electrons. The van der Waals surface area contributed by atoms with E-state index in [-0.39, 0.29) is 5.69 Å². The van der Waals surface area contributed by atoms with Crippen molar-refractivity contribution in [2.45, 2.75) is 13.5 Å². The maximum absolute atomic E-state index is 10.9. The molecular weight excluding hydrogens is 260 g/mol. The highest BCUT2D eigenvalue weighted by Crippen LogP contribution is 2.20. The third-order valence-corrected chi connectivity index (χ3v) is 2.75. The van der Waals surface area contributed by atoms with E-state index in [1.54, 1.807) is 26.3 Å². The van der Waals surface area contributed by atoms with E-state index in [1.807, 2.05) is 6.07 Å². The molecule has 0 bridgehead atoms. The van der Waals surface area contributed by atoms with Gasteiger partial charge in [-0.1, -0.05) is 0 Å². The Bertz CT molecular complexity index is 631. The molecule has 2 heterocycles. The summed E-state index contributed by atoms with van der Waals surface area (Å²) in [4.78, 5) is 18.6. The van der Waals surface area contributed by atoms with E-state index in [4.69, 9.17) is 4.74 Å². The monoisotopic (exact) mass is 274 g/mol. The summed E-state index contributed by atoms with van der Waals surface area (Å²) in [6.07, 6.45) is 3.12. The van der Waals surface area contributed by atoms with Crippen molar-refractivity contribution in [3.8, 4) is 5.88 Å². The van der Waals surface area contributed by atoms with Crippen LogP contribution in [0.15, 0.2) is 30.6 Å². The number of nitrogens with zero attached hydrogens (tertiary/aromatic N) is 3. The van der Waals surface area contributed by atoms with Gasteiger partial charge in [0.05, 0.1) is 18.1 Å². The third-order valence-electron chi connectivity index (χ3n) is 2.75. The average Bonchev–Trinajstić information content (AvgIpc) is 2.46. The number of pyridine rings is 2. The van der Waals surface area contributed by atoms with Crippen LogP contribution in [0.2, 0.25) is 0 Å². The summed E-state index contributed by atoms with van der Waals surface area (Å²) in [6, 6.07) is 5.04. The maximum Gasteiger partial charge on any atom is 0.277 e. The number of nitrogens with one attached hydrogen (secondary N) is 1. The van der Waals surface area contributed by atoms with Gasteiger partial charge in [0.15, 0.2) is 0 Å². The summed E-state index contributed by atoms with van der Waals surface area (Å²) >= 11 is 0. The molecule has 20 heavy (non-hydrogen) atoms. The lowest BCUT2D eigenvalue weighted by Crippen LogP contribution is -2.03. The number of ether oxygens (including phenoxy) is 1. The van der Waals surface area contributed by atoms with Crippen LogP contribution in [0.25, 0.3) is 0 Å². The molecule has 2 aromatic rings. The molecule has 0 unspecified atom stereocenters. The molecule has 0 spiro atoms. The van der Waals surface area contributed by atoms with Crippen LogP contribution in [-0.4, -0.2) is 22.0 Å². The minimum Gasteiger partial charge on any atom is -0.481 e. The first-order valence-electron chi connectivity index (χ1n) is 5.94. The molecule has 0 aliphatic rings. The van der Waals surface area contributed by atoms with Gasteiger partial charge in [0, 0.05) is 30.6 Å². The first-order valence-corrected chi connectivity index (χ1v) is 5.94. The van der Waals surface area contributed by atoms with E-state index < -0.39 is 4.92 Å². The number of methoxy groups -OCH3 is 1. The van der Waals surface area contributed by atoms with Crippen molar-refractivity contribution < 1.29 is 9.66 Å². The first kappa shape index (κ1) is 13.7. The maximum atomic E-state index is 10.9. The summed E-state index contributed by atoms with van der Waals surface area (Å²) in [5.74, 6) is 0.977. The van der Waals surface area contributed by atoms with E-state index >= 15 is 0 Å². The van der Waals surface area contributed by atoms with E-state index in [2.05, 4.69) is 15.3 Å². The van der Waals surface area contributed by atoms with Gasteiger partial charge in [0.1, 0.15) is 5.82 Å². The predicted octanol–water partition coefficient (Wildman–Crippen LogP) is 2.31. The Hall–Kier alpha value is -2.70. The van der Waals surface area contributed by atoms with Crippen LogP contribution >= 0.6 is 0 Å². The molecule has 0 saturated carbocycles. The van der Waals surface area contributed by atoms with Gasteiger partial charge in [-0.15, -0.1) is 0 Å². The second-order valence-corrected chi connectivity index (χ2v) is 4.17. The fourth-order valence-corrected chi connectivity index (χ4v) is 1.67. The highest BCUT2D eigenvalue weighted by molar-refractivity contribution is 5.49. The SMILES string of the molecule is COc1cc(CNc2cc([N+](=O)[O-])c(C)cn2)ccn1. The topological polar surface area (TPSA) is 90.2 Å². The Balaban J connectivity index is 2.10. The van der Waals surface area contributed by atoms with Crippen LogP contribution < -0.4 is 10.1 Å². The molecule has 0 atom stereocenters. The lowest BCUT2D eigenvalue weighted by atomic mass is 10.2. The zero-order chi connectivity index (χ0) is 14.5. The summed E-state index contributed by atoms with van der Waals surface area (Å²) in [5.41, 5.74) is 1.53. The zero-order valence-corrected chi connectivity index (χ0v) is 11.2. The second-order valence-electron chi connectivity index (χ2n) is 4.17. The standard InChI is InChI=1S/C13H14N4O3/c1-9-7-15-12(6-11(9)17(18)19)16-8-10-3-4-14-13(5-10)20-2/h3-7H,8H2,1-2H3,(H,15,16). The zero-order valence-electron chi connectivity index (χ0n) is 11.2. The Morgan fingerprint density at radius 2 is 2.20 bits per heavy atom. The van der Waals surface area contributed by atoms with Gasteiger partial charge in [-0.25, -0.2) is 9.97 Å². The second kappa shape index (κ2) is 5.96. The third kappa shape index (κ3) is 3.19. The minimum atomic E-state index is -0.419. The minimum absolute atomic E-state index is 0.0507. The normalized spacial score (nSPS) is 10.1. The fourth-order valence-electron chi connectivity index (χ4n) is 1.67. The van der Waals surface area contributed by atoms with Crippen LogP contribution in [0.4, 0.5) is 11.5 Å². The van der Waals surface area contributed by atoms with Crippen molar-refractivity contribution in [3.05, 3.63) is 51.8 Å². The molecule has 0 saturated heterocycles. The lowest BCUT2D eigenvalue weighted by Gasteiger charge is -2.07. The van der Waals surface area contributed by atoms with E-state index in [1.165, 1.54) is 12.3 Å². The van der Waals surface area contributed by atoms with E-state index in [0.717, 1.165) is 5.56 Å². The van der Waals surface area contributed by atoms with Crippen molar-refractivity contribution in [2.75, 3.05) is 12.4 Å². The van der Waals surface area contributed by atoms with Crippen LogP contribution in [-0.2, 0) is 6.54 Å². The lowest BCUT2D eigenvalue weighted by molar-refractivity contribution is -0.385. The van der Waals surface area contributed by atoms with Crippen molar-refractivity contribution in [1.82, 2.24) is 9.97 Å². The Morgan fingerprint density at radius 1 is 1.40 bits per heavy atom. The van der Waals surface area contributed by atoms with Crippen molar-refractivity contribution in [3.63, 3.8) is 0 Å². The molecule has 1 N–H and O–H groups in total. The number of aryl methyl sites for hydroxylation is 1. The number of hydrogen-bond acceptors (Lipinski definition) is 6. The smallest absolute Gasteiger partial charge is 0.277 e. The fraction of sp³-hybridized carbons (Fsp3) is 0.231. The van der Waals surface area contributed by atoms with E-state index in [0.29, 0.717) is 23.8 Å². The summed E-state index contributed by atoms with van der Waals surface area (Å²) in [7, 11) is 1.55. The van der Waals surface area contributed by atoms with Gasteiger partial charge in [-0.05, 0) is 18.6 Å². The number of rotatable bonds is 5. The summed E-state index contributed by atoms with van der Waals surface area (Å²) in [5, 5.41) is 13.9. The Labute approximate surface area is 115 Å². The molecule has 0 aliphatic carbocycles. The van der Waals surface area contributed by atoms with Gasteiger partial charge in [-0.3, -0.25) is 10.1 Å².